The highest BCUT2D eigenvalue weighted by Gasteiger charge is 2.45. The summed E-state index contributed by atoms with van der Waals surface area (Å²) in [6, 6.07) is -0.583. The fourth-order valence-corrected chi connectivity index (χ4v) is 3.67. The number of rotatable bonds is 2. The molecule has 2 aliphatic rings. The van der Waals surface area contributed by atoms with Crippen molar-refractivity contribution < 1.29 is 9.59 Å². The molecule has 19 heavy (non-hydrogen) atoms. The van der Waals surface area contributed by atoms with E-state index in [-0.39, 0.29) is 23.9 Å². The van der Waals surface area contributed by atoms with Crippen molar-refractivity contribution in [3.05, 3.63) is 16.1 Å². The van der Waals surface area contributed by atoms with Crippen molar-refractivity contribution in [1.29, 1.82) is 0 Å². The van der Waals surface area contributed by atoms with Crippen molar-refractivity contribution >= 4 is 23.2 Å². The van der Waals surface area contributed by atoms with Gasteiger partial charge in [-0.05, 0) is 26.7 Å². The molecule has 0 aromatic carbocycles. The number of nitrogens with zero attached hydrogens (tertiary/aromatic N) is 3. The van der Waals surface area contributed by atoms with Gasteiger partial charge in [0.2, 0.25) is 11.8 Å². The molecule has 6 heteroatoms. The van der Waals surface area contributed by atoms with E-state index in [0.29, 0.717) is 6.54 Å². The van der Waals surface area contributed by atoms with E-state index in [1.54, 1.807) is 26.6 Å². The number of aryl methyl sites for hydroxylation is 1. The van der Waals surface area contributed by atoms with Crippen LogP contribution in [0.2, 0.25) is 0 Å². The number of fused-ring (bicyclic) bond motifs is 1. The van der Waals surface area contributed by atoms with Crippen molar-refractivity contribution in [2.75, 3.05) is 6.54 Å². The molecule has 2 saturated heterocycles. The second-order valence-corrected chi connectivity index (χ2v) is 6.13. The first-order chi connectivity index (χ1) is 9.09. The summed E-state index contributed by atoms with van der Waals surface area (Å²) in [5.41, 5.74) is 2.74. The van der Waals surface area contributed by atoms with Crippen LogP contribution in [0.1, 0.15) is 30.3 Å². The van der Waals surface area contributed by atoms with Gasteiger partial charge in [0, 0.05) is 11.4 Å². The van der Waals surface area contributed by atoms with E-state index in [9.17, 15) is 9.59 Å². The monoisotopic (exact) mass is 279 g/mol. The molecule has 0 unspecified atom stereocenters. The van der Waals surface area contributed by atoms with Crippen molar-refractivity contribution in [1.82, 2.24) is 14.8 Å². The number of hydrogen-bond acceptors (Lipinski definition) is 4. The van der Waals surface area contributed by atoms with Gasteiger partial charge >= 0.3 is 0 Å². The van der Waals surface area contributed by atoms with Crippen molar-refractivity contribution in [2.45, 2.75) is 45.3 Å². The molecule has 0 saturated carbocycles. The zero-order valence-corrected chi connectivity index (χ0v) is 11.9. The smallest absolute Gasteiger partial charge is 0.246 e. The van der Waals surface area contributed by atoms with Gasteiger partial charge in [-0.3, -0.25) is 9.59 Å². The van der Waals surface area contributed by atoms with Gasteiger partial charge in [0.25, 0.3) is 0 Å². The zero-order chi connectivity index (χ0) is 13.6. The highest BCUT2D eigenvalue weighted by atomic mass is 32.1. The normalized spacial score (nSPS) is 27.1. The van der Waals surface area contributed by atoms with Gasteiger partial charge in [0.15, 0.2) is 0 Å². The second kappa shape index (κ2) is 4.59. The summed E-state index contributed by atoms with van der Waals surface area (Å²) >= 11 is 1.54. The SMILES string of the molecule is Cc1ncsc1CN1C(=O)[C@@H]2CCCN2C(=O)[C@@H]1C. The van der Waals surface area contributed by atoms with E-state index in [1.807, 2.05) is 13.8 Å². The van der Waals surface area contributed by atoms with E-state index in [4.69, 9.17) is 0 Å². The lowest BCUT2D eigenvalue weighted by Gasteiger charge is -2.40. The number of carbonyl (C=O) groups is 2. The maximum atomic E-state index is 12.5. The van der Waals surface area contributed by atoms with Crippen LogP contribution in [0.3, 0.4) is 0 Å². The molecule has 2 fully saturated rings. The number of carbonyl (C=O) groups excluding carboxylic acids is 2. The third-order valence-electron chi connectivity index (χ3n) is 4.09. The van der Waals surface area contributed by atoms with Gasteiger partial charge < -0.3 is 9.80 Å². The predicted octanol–water partition coefficient (Wildman–Crippen LogP) is 1.17. The molecule has 2 atom stereocenters. The molecule has 102 valence electrons. The first kappa shape index (κ1) is 12.6. The van der Waals surface area contributed by atoms with Crippen LogP contribution >= 0.6 is 11.3 Å². The molecule has 3 rings (SSSR count). The third-order valence-corrected chi connectivity index (χ3v) is 5.01. The number of piperazine rings is 1. The highest BCUT2D eigenvalue weighted by molar-refractivity contribution is 7.09. The highest BCUT2D eigenvalue weighted by Crippen LogP contribution is 2.28. The second-order valence-electron chi connectivity index (χ2n) is 5.19. The maximum absolute atomic E-state index is 12.5. The molecule has 2 amide bonds. The van der Waals surface area contributed by atoms with E-state index in [2.05, 4.69) is 4.98 Å². The van der Waals surface area contributed by atoms with E-state index >= 15 is 0 Å². The Hall–Kier alpha value is -1.43. The molecular formula is C13H17N3O2S. The number of hydrogen-bond donors (Lipinski definition) is 0. The Kier molecular flexibility index (Phi) is 3.05. The standard InChI is InChI=1S/C13H17N3O2S/c1-8-11(19-7-14-8)6-16-9(2)12(17)15-5-3-4-10(15)13(16)18/h7,9-10H,3-6H2,1-2H3/t9-,10-/m0/s1. The van der Waals surface area contributed by atoms with Crippen molar-refractivity contribution in [2.24, 2.45) is 0 Å². The van der Waals surface area contributed by atoms with Crippen molar-refractivity contribution in [3.63, 3.8) is 0 Å². The number of thiazole rings is 1. The average molecular weight is 279 g/mol. The van der Waals surface area contributed by atoms with Crippen LogP contribution in [-0.2, 0) is 16.1 Å². The van der Waals surface area contributed by atoms with Crippen molar-refractivity contribution in [3.8, 4) is 0 Å². The Morgan fingerprint density at radius 3 is 2.89 bits per heavy atom. The fourth-order valence-electron chi connectivity index (χ4n) is 2.89. The first-order valence-electron chi connectivity index (χ1n) is 6.59. The van der Waals surface area contributed by atoms with Crippen LogP contribution in [0.5, 0.6) is 0 Å². The minimum atomic E-state index is -0.358. The van der Waals surface area contributed by atoms with Crippen LogP contribution in [0.4, 0.5) is 0 Å². The minimum absolute atomic E-state index is 0.0873. The van der Waals surface area contributed by atoms with Crippen LogP contribution in [0.25, 0.3) is 0 Å². The van der Waals surface area contributed by atoms with Gasteiger partial charge in [0.1, 0.15) is 12.1 Å². The summed E-state index contributed by atoms with van der Waals surface area (Å²) in [7, 11) is 0. The van der Waals surface area contributed by atoms with Gasteiger partial charge in [-0.1, -0.05) is 0 Å². The van der Waals surface area contributed by atoms with Crippen LogP contribution in [0.15, 0.2) is 5.51 Å². The summed E-state index contributed by atoms with van der Waals surface area (Å²) in [4.78, 5) is 33.6. The molecule has 1 aromatic rings. The van der Waals surface area contributed by atoms with Crippen LogP contribution in [0, 0.1) is 6.92 Å². The summed E-state index contributed by atoms with van der Waals surface area (Å²) in [5, 5.41) is 0. The molecule has 1 aromatic heterocycles. The fraction of sp³-hybridized carbons (Fsp3) is 0.615. The van der Waals surface area contributed by atoms with E-state index in [1.165, 1.54) is 0 Å². The molecule has 0 spiro atoms. The summed E-state index contributed by atoms with van der Waals surface area (Å²) in [6.07, 6.45) is 1.73. The molecule has 0 N–H and O–H groups in total. The Labute approximate surface area is 116 Å². The molecule has 5 nitrogen and oxygen atoms in total. The van der Waals surface area contributed by atoms with Crippen LogP contribution < -0.4 is 0 Å². The third kappa shape index (κ3) is 1.94. The molecule has 2 aliphatic heterocycles. The number of aromatic nitrogens is 1. The lowest BCUT2D eigenvalue weighted by Crippen LogP contribution is -2.61. The van der Waals surface area contributed by atoms with E-state index in [0.717, 1.165) is 30.0 Å². The predicted molar refractivity (Wildman–Crippen MR) is 71.6 cm³/mol. The molecule has 0 radical (unpaired) electrons. The van der Waals surface area contributed by atoms with Gasteiger partial charge in [0.05, 0.1) is 17.7 Å². The Bertz CT molecular complexity index is 528. The first-order valence-corrected chi connectivity index (χ1v) is 7.47. The summed E-state index contributed by atoms with van der Waals surface area (Å²) < 4.78 is 0. The lowest BCUT2D eigenvalue weighted by atomic mass is 10.1. The molecular weight excluding hydrogens is 262 g/mol. The van der Waals surface area contributed by atoms with E-state index < -0.39 is 0 Å². The Morgan fingerprint density at radius 1 is 1.42 bits per heavy atom. The lowest BCUT2D eigenvalue weighted by molar-refractivity contribution is -0.159. The minimum Gasteiger partial charge on any atom is -0.329 e. The zero-order valence-electron chi connectivity index (χ0n) is 11.1. The topological polar surface area (TPSA) is 53.5 Å². The summed E-state index contributed by atoms with van der Waals surface area (Å²) in [6.45, 7) is 5.00. The maximum Gasteiger partial charge on any atom is 0.246 e. The Morgan fingerprint density at radius 2 is 2.21 bits per heavy atom. The molecule has 0 aliphatic carbocycles. The van der Waals surface area contributed by atoms with Gasteiger partial charge in [-0.25, -0.2) is 4.98 Å². The quantitative estimate of drug-likeness (QED) is 0.816. The largest absolute Gasteiger partial charge is 0.329 e. The van der Waals surface area contributed by atoms with Gasteiger partial charge in [-0.15, -0.1) is 11.3 Å². The van der Waals surface area contributed by atoms with Crippen LogP contribution in [-0.4, -0.2) is 45.2 Å². The molecule has 3 heterocycles. The Balaban J connectivity index is 1.86. The number of amides is 2. The summed E-state index contributed by atoms with van der Waals surface area (Å²) in [5.74, 6) is 0.182. The average Bonchev–Trinajstić information content (AvgIpc) is 3.01. The van der Waals surface area contributed by atoms with Gasteiger partial charge in [-0.2, -0.15) is 0 Å². The molecule has 0 bridgehead atoms.